The van der Waals surface area contributed by atoms with Crippen LogP contribution in [-0.4, -0.2) is 90.0 Å². The van der Waals surface area contributed by atoms with Crippen molar-refractivity contribution in [3.8, 4) is 5.75 Å². The van der Waals surface area contributed by atoms with Crippen molar-refractivity contribution in [2.45, 2.75) is 71.4 Å². The maximum atomic E-state index is 13.3. The third kappa shape index (κ3) is 16.9. The SMILES string of the molecule is C=C(/C=C/c1ncc(OC)c(Nc2ccncc2C(=O)NC2CCN(CCC(CCO)OCCC)CC2)n1)CC.C=C(C)F.CN=O. The monoisotopic (exact) mass is 657 g/mol. The van der Waals surface area contributed by atoms with Gasteiger partial charge in [-0.25, -0.2) is 14.4 Å². The van der Waals surface area contributed by atoms with Crippen molar-refractivity contribution in [3.05, 3.63) is 71.6 Å². The van der Waals surface area contributed by atoms with Crippen LogP contribution in [0.3, 0.4) is 0 Å². The second-order valence-electron chi connectivity index (χ2n) is 10.8. The maximum Gasteiger partial charge on any atom is 0.255 e. The van der Waals surface area contributed by atoms with Gasteiger partial charge >= 0.3 is 0 Å². The highest BCUT2D eigenvalue weighted by Gasteiger charge is 2.23. The normalized spacial score (nSPS) is 13.8. The molecule has 1 unspecified atom stereocenters. The van der Waals surface area contributed by atoms with E-state index in [-0.39, 0.29) is 30.5 Å². The van der Waals surface area contributed by atoms with Crippen molar-refractivity contribution in [2.24, 2.45) is 5.18 Å². The standard InChI is InChI=1S/C30H44N6O4.C3H5F.CH3NO/c1-5-19-40-24(13-18-37)12-17-36-15-10-23(11-16-36)33-30(38)25-20-31-14-9-26(25)34-29-27(39-4)21-32-28(35-29)8-7-22(3)6-2;1-3(2)4;1-2-3/h7-9,14,20-21,23-24,37H,3,5-6,10-13,15-19H2,1-2,4H3,(H,33,38)(H,31,32,34,35);1H2,2H3;1H3/b8-7+;;. The Labute approximate surface area is 278 Å². The Morgan fingerprint density at radius 3 is 2.53 bits per heavy atom. The van der Waals surface area contributed by atoms with Crippen LogP contribution < -0.4 is 15.4 Å². The number of piperidine rings is 1. The van der Waals surface area contributed by atoms with Crippen LogP contribution in [0.1, 0.15) is 75.5 Å². The molecule has 3 rings (SSSR count). The van der Waals surface area contributed by atoms with Gasteiger partial charge in [0.15, 0.2) is 17.4 Å². The average Bonchev–Trinajstić information content (AvgIpc) is 3.06. The van der Waals surface area contributed by atoms with Gasteiger partial charge in [-0.1, -0.05) is 43.8 Å². The molecule has 0 radical (unpaired) electrons. The quantitative estimate of drug-likeness (QED) is 0.140. The molecular weight excluding hydrogens is 605 g/mol. The fourth-order valence-electron chi connectivity index (χ4n) is 4.46. The molecule has 12 nitrogen and oxygen atoms in total. The van der Waals surface area contributed by atoms with Crippen LogP contribution in [0.5, 0.6) is 5.75 Å². The van der Waals surface area contributed by atoms with Crippen molar-refractivity contribution < 1.29 is 23.8 Å². The number of likely N-dealkylation sites (tertiary alicyclic amines) is 1. The molecule has 2 aromatic rings. The molecule has 3 N–H and O–H groups in total. The first kappa shape index (κ1) is 41.0. The van der Waals surface area contributed by atoms with Crippen LogP contribution >= 0.6 is 0 Å². The summed E-state index contributed by atoms with van der Waals surface area (Å²) in [6.45, 7) is 15.9. The molecule has 1 saturated heterocycles. The first-order valence-electron chi connectivity index (χ1n) is 15.9. The van der Waals surface area contributed by atoms with Crippen molar-refractivity contribution in [1.82, 2.24) is 25.2 Å². The number of halogens is 1. The Morgan fingerprint density at radius 2 is 1.94 bits per heavy atom. The molecule has 3 heterocycles. The second-order valence-corrected chi connectivity index (χ2v) is 10.8. The summed E-state index contributed by atoms with van der Waals surface area (Å²) in [5, 5.41) is 18.0. The molecule has 0 aliphatic carbocycles. The molecule has 1 fully saturated rings. The molecule has 0 saturated carbocycles. The summed E-state index contributed by atoms with van der Waals surface area (Å²) in [6, 6.07) is 1.83. The minimum atomic E-state index is -0.333. The van der Waals surface area contributed by atoms with Gasteiger partial charge in [0.25, 0.3) is 5.91 Å². The van der Waals surface area contributed by atoms with Gasteiger partial charge in [-0.15, -0.1) is 0 Å². The Morgan fingerprint density at radius 1 is 1.26 bits per heavy atom. The highest BCUT2D eigenvalue weighted by atomic mass is 19.1. The molecule has 0 spiro atoms. The zero-order chi connectivity index (χ0) is 35.0. The van der Waals surface area contributed by atoms with Crippen molar-refractivity contribution >= 4 is 23.5 Å². The lowest BCUT2D eigenvalue weighted by atomic mass is 10.0. The highest BCUT2D eigenvalue weighted by molar-refractivity contribution is 6.00. The van der Waals surface area contributed by atoms with E-state index in [9.17, 15) is 14.3 Å². The fourth-order valence-corrected chi connectivity index (χ4v) is 4.46. The Balaban J connectivity index is 0.00000144. The number of allylic oxidation sites excluding steroid dienone is 3. The van der Waals surface area contributed by atoms with Gasteiger partial charge in [0.05, 0.1) is 43.5 Å². The number of amides is 1. The number of anilines is 2. The first-order chi connectivity index (χ1) is 22.6. The summed E-state index contributed by atoms with van der Waals surface area (Å²) < 4.78 is 22.1. The highest BCUT2D eigenvalue weighted by Crippen LogP contribution is 2.27. The van der Waals surface area contributed by atoms with Gasteiger partial charge in [0, 0.05) is 51.3 Å². The zero-order valence-corrected chi connectivity index (χ0v) is 28.5. The summed E-state index contributed by atoms with van der Waals surface area (Å²) in [5.41, 5.74) is 1.98. The lowest BCUT2D eigenvalue weighted by molar-refractivity contribution is 0.0223. The van der Waals surface area contributed by atoms with Crippen LogP contribution in [0.15, 0.2) is 60.5 Å². The van der Waals surface area contributed by atoms with E-state index in [1.165, 1.54) is 14.0 Å². The van der Waals surface area contributed by atoms with E-state index in [0.29, 0.717) is 35.1 Å². The zero-order valence-electron chi connectivity index (χ0n) is 28.5. The second kappa shape index (κ2) is 24.2. The Bertz CT molecular complexity index is 1270. The average molecular weight is 658 g/mol. The topological polar surface area (TPSA) is 151 Å². The largest absolute Gasteiger partial charge is 0.491 e. The van der Waals surface area contributed by atoms with Crippen molar-refractivity contribution in [1.29, 1.82) is 0 Å². The van der Waals surface area contributed by atoms with Crippen molar-refractivity contribution in [2.75, 3.05) is 52.3 Å². The number of hydrogen-bond donors (Lipinski definition) is 3. The van der Waals surface area contributed by atoms with Gasteiger partial charge in [-0.05, 0) is 57.6 Å². The summed E-state index contributed by atoms with van der Waals surface area (Å²) in [4.78, 5) is 37.3. The number of nitrogens with zero attached hydrogens (tertiary/aromatic N) is 5. The number of aliphatic hydroxyl groups excluding tert-OH is 1. The number of hydrogen-bond acceptors (Lipinski definition) is 11. The van der Waals surface area contributed by atoms with E-state index in [2.05, 4.69) is 55.7 Å². The van der Waals surface area contributed by atoms with E-state index in [4.69, 9.17) is 14.4 Å². The number of aromatic nitrogens is 3. The van der Waals surface area contributed by atoms with Gasteiger partial charge in [0.2, 0.25) is 0 Å². The number of nitrogens with one attached hydrogen (secondary N) is 2. The van der Waals surface area contributed by atoms with Crippen LogP contribution in [-0.2, 0) is 4.74 Å². The lowest BCUT2D eigenvalue weighted by Gasteiger charge is -2.33. The van der Waals surface area contributed by atoms with Crippen molar-refractivity contribution in [3.63, 3.8) is 0 Å². The van der Waals surface area contributed by atoms with E-state index in [1.807, 2.05) is 13.0 Å². The number of pyridine rings is 1. The number of aliphatic hydroxyl groups is 1. The molecule has 1 aliphatic rings. The molecule has 0 aromatic carbocycles. The van der Waals surface area contributed by atoms with E-state index in [0.717, 1.165) is 63.9 Å². The molecule has 13 heteroatoms. The number of ether oxygens (including phenoxy) is 2. The maximum absolute atomic E-state index is 13.3. The predicted octanol–water partition coefficient (Wildman–Crippen LogP) is 6.24. The van der Waals surface area contributed by atoms with Crippen LogP contribution in [0.25, 0.3) is 6.08 Å². The molecule has 1 aliphatic heterocycles. The molecule has 1 amide bonds. The van der Waals surface area contributed by atoms with Gasteiger partial charge in [-0.3, -0.25) is 9.78 Å². The van der Waals surface area contributed by atoms with E-state index < -0.39 is 0 Å². The van der Waals surface area contributed by atoms with Gasteiger partial charge in [-0.2, -0.15) is 4.91 Å². The summed E-state index contributed by atoms with van der Waals surface area (Å²) >= 11 is 0. The molecule has 0 bridgehead atoms. The van der Waals surface area contributed by atoms with Crippen LogP contribution in [0, 0.1) is 4.91 Å². The molecule has 2 aromatic heterocycles. The first-order valence-corrected chi connectivity index (χ1v) is 15.9. The molecule has 260 valence electrons. The third-order valence-corrected chi connectivity index (χ3v) is 6.93. The lowest BCUT2D eigenvalue weighted by Crippen LogP contribution is -2.45. The van der Waals surface area contributed by atoms with Gasteiger partial charge in [0.1, 0.15) is 0 Å². The molecule has 1 atom stereocenters. The fraction of sp³-hybridized carbons (Fsp3) is 0.529. The van der Waals surface area contributed by atoms with Crippen LogP contribution in [0.4, 0.5) is 15.9 Å². The van der Waals surface area contributed by atoms with E-state index in [1.54, 1.807) is 37.8 Å². The number of nitroso groups, excluding NO2 is 1. The Hall–Kier alpha value is -4.07. The summed E-state index contributed by atoms with van der Waals surface area (Å²) in [5.74, 6) is 0.903. The third-order valence-electron chi connectivity index (χ3n) is 6.93. The number of carbonyl (C=O) groups is 1. The minimum Gasteiger partial charge on any atom is -0.491 e. The number of methoxy groups -OCH3 is 1. The number of carbonyl (C=O) groups excluding carboxylic acids is 1. The summed E-state index contributed by atoms with van der Waals surface area (Å²) in [7, 11) is 2.75. The predicted molar refractivity (Wildman–Crippen MR) is 185 cm³/mol. The van der Waals surface area contributed by atoms with Gasteiger partial charge < -0.3 is 30.1 Å². The minimum absolute atomic E-state index is 0.0818. The van der Waals surface area contributed by atoms with E-state index >= 15 is 0 Å². The summed E-state index contributed by atoms with van der Waals surface area (Å²) in [6.07, 6.45) is 13.7. The Kier molecular flexibility index (Phi) is 21.0. The van der Waals surface area contributed by atoms with Crippen LogP contribution in [0.2, 0.25) is 0 Å². The smallest absolute Gasteiger partial charge is 0.255 e. The number of rotatable bonds is 16. The molecule has 47 heavy (non-hydrogen) atoms. The molecular formula is C34H52FN7O5.